The molecule has 5 aromatic rings. The Morgan fingerprint density at radius 2 is 1.76 bits per heavy atom. The molecule has 0 saturated heterocycles. The molecule has 0 bridgehead atoms. The highest BCUT2D eigenvalue weighted by atomic mass is 16.5. The molecule has 0 spiro atoms. The predicted octanol–water partition coefficient (Wildman–Crippen LogP) is 4.42. The smallest absolute Gasteiger partial charge is 0.273 e. The van der Waals surface area contributed by atoms with Gasteiger partial charge in [0.25, 0.3) is 5.91 Å². The quantitative estimate of drug-likeness (QED) is 0.410. The molecule has 0 saturated carbocycles. The van der Waals surface area contributed by atoms with Crippen LogP contribution in [-0.4, -0.2) is 35.2 Å². The van der Waals surface area contributed by atoms with Crippen LogP contribution in [0.5, 0.6) is 11.6 Å². The largest absolute Gasteiger partial charge is 0.439 e. The zero-order valence-electron chi connectivity index (χ0n) is 18.6. The first-order chi connectivity index (χ1) is 16.6. The number of carbonyl (C=O) groups is 1. The topological polar surface area (TPSA) is 99.8 Å². The van der Waals surface area contributed by atoms with Crippen molar-refractivity contribution in [2.75, 3.05) is 5.32 Å². The van der Waals surface area contributed by atoms with Crippen LogP contribution in [0, 0.1) is 6.92 Å². The highest BCUT2D eigenvalue weighted by Gasteiger charge is 2.15. The predicted molar refractivity (Wildman–Crippen MR) is 127 cm³/mol. The van der Waals surface area contributed by atoms with E-state index < -0.39 is 0 Å². The maximum atomic E-state index is 12.8. The summed E-state index contributed by atoms with van der Waals surface area (Å²) in [5, 5.41) is 7.35. The third-order valence-electron chi connectivity index (χ3n) is 5.22. The fraction of sp³-hybridized carbons (Fsp3) is 0.0800. The van der Waals surface area contributed by atoms with Crippen LogP contribution >= 0.6 is 0 Å². The normalized spacial score (nSPS) is 10.8. The van der Waals surface area contributed by atoms with Crippen molar-refractivity contribution in [2.24, 2.45) is 7.05 Å². The van der Waals surface area contributed by atoms with Gasteiger partial charge in [-0.3, -0.25) is 14.0 Å². The fourth-order valence-electron chi connectivity index (χ4n) is 3.49. The molecule has 9 nitrogen and oxygen atoms in total. The lowest BCUT2D eigenvalue weighted by molar-refractivity contribution is 0.101. The molecule has 3 heterocycles. The van der Waals surface area contributed by atoms with Gasteiger partial charge in [0, 0.05) is 36.8 Å². The van der Waals surface area contributed by atoms with Crippen LogP contribution in [0.4, 0.5) is 5.69 Å². The van der Waals surface area contributed by atoms with Crippen LogP contribution in [-0.2, 0) is 7.05 Å². The Morgan fingerprint density at radius 1 is 0.971 bits per heavy atom. The first-order valence-electron chi connectivity index (χ1n) is 10.6. The number of nitrogens with one attached hydrogen (secondary N) is 1. The summed E-state index contributed by atoms with van der Waals surface area (Å²) < 4.78 is 9.28. The molecule has 1 N–H and O–H groups in total. The maximum absolute atomic E-state index is 12.8. The Kier molecular flexibility index (Phi) is 5.57. The molecule has 0 unspecified atom stereocenters. The average molecular weight is 451 g/mol. The average Bonchev–Trinajstić information content (AvgIpc) is 3.46. The molecule has 168 valence electrons. The van der Waals surface area contributed by atoms with Crippen molar-refractivity contribution >= 4 is 11.6 Å². The number of aryl methyl sites for hydroxylation is 2. The summed E-state index contributed by atoms with van der Waals surface area (Å²) in [6.45, 7) is 1.89. The minimum Gasteiger partial charge on any atom is -0.439 e. The van der Waals surface area contributed by atoms with Crippen LogP contribution in [0.1, 0.15) is 16.3 Å². The number of aromatic nitrogens is 6. The Hall–Kier alpha value is -4.79. The van der Waals surface area contributed by atoms with Crippen molar-refractivity contribution in [3.63, 3.8) is 0 Å². The lowest BCUT2D eigenvalue weighted by atomic mass is 10.1. The third kappa shape index (κ3) is 4.40. The number of anilines is 1. The van der Waals surface area contributed by atoms with Crippen molar-refractivity contribution in [3.8, 4) is 28.7 Å². The van der Waals surface area contributed by atoms with Gasteiger partial charge in [-0.05, 0) is 37.3 Å². The van der Waals surface area contributed by atoms with E-state index in [-0.39, 0.29) is 5.91 Å². The van der Waals surface area contributed by atoms with E-state index in [1.807, 2.05) is 48.0 Å². The van der Waals surface area contributed by atoms with Gasteiger partial charge >= 0.3 is 0 Å². The van der Waals surface area contributed by atoms with Gasteiger partial charge in [0.2, 0.25) is 5.88 Å². The zero-order valence-corrected chi connectivity index (χ0v) is 18.6. The molecular formula is C25H21N7O2. The number of rotatable bonds is 6. The molecule has 9 heteroatoms. The lowest BCUT2D eigenvalue weighted by Crippen LogP contribution is -2.15. The van der Waals surface area contributed by atoms with Gasteiger partial charge in [0.05, 0.1) is 5.69 Å². The van der Waals surface area contributed by atoms with Crippen LogP contribution < -0.4 is 10.1 Å². The highest BCUT2D eigenvalue weighted by molar-refractivity contribution is 6.03. The van der Waals surface area contributed by atoms with E-state index in [0.29, 0.717) is 28.8 Å². The van der Waals surface area contributed by atoms with E-state index in [9.17, 15) is 4.79 Å². The van der Waals surface area contributed by atoms with E-state index in [1.165, 1.54) is 6.33 Å². The summed E-state index contributed by atoms with van der Waals surface area (Å²) in [5.41, 5.74) is 2.79. The van der Waals surface area contributed by atoms with Gasteiger partial charge in [-0.25, -0.2) is 15.0 Å². The minimum atomic E-state index is -0.248. The minimum absolute atomic E-state index is 0.248. The molecule has 0 atom stereocenters. The van der Waals surface area contributed by atoms with Gasteiger partial charge in [-0.2, -0.15) is 5.10 Å². The van der Waals surface area contributed by atoms with Gasteiger partial charge in [-0.15, -0.1) is 0 Å². The zero-order chi connectivity index (χ0) is 23.5. The summed E-state index contributed by atoms with van der Waals surface area (Å²) in [6.07, 6.45) is 4.97. The second-order valence-electron chi connectivity index (χ2n) is 7.54. The summed E-state index contributed by atoms with van der Waals surface area (Å²) in [4.78, 5) is 25.5. The standard InChI is InChI=1S/C25H21N7O2/c1-17-26-12-13-32(17)23-15-24(28-16-27-23)34-20-10-8-19(9-11-20)29-25(33)22-14-21(30-31(22)2)18-6-4-3-5-7-18/h3-16H,1-2H3,(H,29,33). The molecule has 0 aliphatic heterocycles. The van der Waals surface area contributed by atoms with Crippen molar-refractivity contribution in [1.82, 2.24) is 29.3 Å². The number of imidazole rings is 1. The van der Waals surface area contributed by atoms with E-state index >= 15 is 0 Å². The molecule has 0 aliphatic carbocycles. The molecule has 3 aromatic heterocycles. The fourth-order valence-corrected chi connectivity index (χ4v) is 3.49. The third-order valence-corrected chi connectivity index (χ3v) is 5.22. The van der Waals surface area contributed by atoms with E-state index in [0.717, 1.165) is 17.1 Å². The summed E-state index contributed by atoms with van der Waals surface area (Å²) in [5.74, 6) is 2.21. The van der Waals surface area contributed by atoms with Crippen LogP contribution in [0.3, 0.4) is 0 Å². The Labute approximate surface area is 195 Å². The van der Waals surface area contributed by atoms with Gasteiger partial charge < -0.3 is 10.1 Å². The number of amides is 1. The number of nitrogens with zero attached hydrogens (tertiary/aromatic N) is 6. The first kappa shape index (κ1) is 21.1. The number of hydrogen-bond donors (Lipinski definition) is 1. The summed E-state index contributed by atoms with van der Waals surface area (Å²) >= 11 is 0. The van der Waals surface area contributed by atoms with E-state index in [2.05, 4.69) is 25.4 Å². The Morgan fingerprint density at radius 3 is 2.50 bits per heavy atom. The summed E-state index contributed by atoms with van der Waals surface area (Å²) in [7, 11) is 1.75. The van der Waals surface area contributed by atoms with E-state index in [1.54, 1.807) is 54.3 Å². The van der Waals surface area contributed by atoms with Crippen molar-refractivity contribution in [2.45, 2.75) is 6.92 Å². The van der Waals surface area contributed by atoms with Crippen molar-refractivity contribution in [1.29, 1.82) is 0 Å². The van der Waals surface area contributed by atoms with Crippen LogP contribution in [0.2, 0.25) is 0 Å². The van der Waals surface area contributed by atoms with Gasteiger partial charge in [0.15, 0.2) is 0 Å². The van der Waals surface area contributed by atoms with Gasteiger partial charge in [0.1, 0.15) is 29.4 Å². The monoisotopic (exact) mass is 451 g/mol. The number of benzene rings is 2. The number of carbonyl (C=O) groups excluding carboxylic acids is 1. The molecule has 0 radical (unpaired) electrons. The maximum Gasteiger partial charge on any atom is 0.273 e. The number of hydrogen-bond acceptors (Lipinski definition) is 6. The second kappa shape index (κ2) is 8.99. The van der Waals surface area contributed by atoms with Crippen molar-refractivity contribution < 1.29 is 9.53 Å². The molecule has 34 heavy (non-hydrogen) atoms. The molecule has 5 rings (SSSR count). The van der Waals surface area contributed by atoms with Crippen LogP contribution in [0.25, 0.3) is 17.1 Å². The highest BCUT2D eigenvalue weighted by Crippen LogP contribution is 2.24. The Balaban J connectivity index is 1.27. The summed E-state index contributed by atoms with van der Waals surface area (Å²) in [6, 6.07) is 20.3. The molecule has 0 aliphatic rings. The molecular weight excluding hydrogens is 430 g/mol. The van der Waals surface area contributed by atoms with Crippen molar-refractivity contribution in [3.05, 3.63) is 97.0 Å². The van der Waals surface area contributed by atoms with Gasteiger partial charge in [-0.1, -0.05) is 30.3 Å². The molecule has 0 fully saturated rings. The van der Waals surface area contributed by atoms with E-state index in [4.69, 9.17) is 4.74 Å². The lowest BCUT2D eigenvalue weighted by Gasteiger charge is -2.09. The SMILES string of the molecule is Cc1nccn1-c1cc(Oc2ccc(NC(=O)c3cc(-c4ccccc4)nn3C)cc2)ncn1. The molecule has 1 amide bonds. The second-order valence-corrected chi connectivity index (χ2v) is 7.54. The first-order valence-corrected chi connectivity index (χ1v) is 10.6. The molecule has 2 aromatic carbocycles. The number of ether oxygens (including phenoxy) is 1. The van der Waals surface area contributed by atoms with Crippen LogP contribution in [0.15, 0.2) is 85.5 Å². The Bertz CT molecular complexity index is 1440.